The van der Waals surface area contributed by atoms with Gasteiger partial charge in [-0.15, -0.1) is 0 Å². The monoisotopic (exact) mass is 803 g/mol. The van der Waals surface area contributed by atoms with Gasteiger partial charge in [0.15, 0.2) is 17.5 Å². The van der Waals surface area contributed by atoms with E-state index in [2.05, 4.69) is 220 Å². The van der Waals surface area contributed by atoms with Gasteiger partial charge in [-0.25, -0.2) is 15.0 Å². The highest BCUT2D eigenvalue weighted by atomic mass is 15.0. The van der Waals surface area contributed by atoms with Crippen molar-refractivity contribution in [2.24, 2.45) is 0 Å². The van der Waals surface area contributed by atoms with Gasteiger partial charge in [-0.1, -0.05) is 214 Å². The molecular formula is C60H41N3. The first-order valence-corrected chi connectivity index (χ1v) is 21.7. The van der Waals surface area contributed by atoms with Gasteiger partial charge in [0.2, 0.25) is 0 Å². The molecule has 3 nitrogen and oxygen atoms in total. The first kappa shape index (κ1) is 36.8. The van der Waals surface area contributed by atoms with Gasteiger partial charge in [0, 0.05) is 22.1 Å². The molecule has 296 valence electrons. The Balaban J connectivity index is 0.995. The quantitative estimate of drug-likeness (QED) is 0.124. The van der Waals surface area contributed by atoms with Crippen molar-refractivity contribution < 1.29 is 0 Å². The van der Waals surface area contributed by atoms with Gasteiger partial charge in [-0.05, 0) is 100 Å². The molecule has 0 N–H and O–H groups in total. The molecule has 1 aliphatic rings. The Morgan fingerprint density at radius 3 is 1.57 bits per heavy atom. The van der Waals surface area contributed by atoms with Crippen molar-refractivity contribution >= 4 is 32.3 Å². The van der Waals surface area contributed by atoms with Crippen molar-refractivity contribution in [2.75, 3.05) is 0 Å². The molecule has 12 rings (SSSR count). The minimum Gasteiger partial charge on any atom is -0.208 e. The van der Waals surface area contributed by atoms with Crippen LogP contribution in [0.25, 0.3) is 111 Å². The molecule has 1 aromatic heterocycles. The molecule has 3 heteroatoms. The third kappa shape index (κ3) is 6.15. The SMILES string of the molecule is CC1(C)c2ccccc2-c2c(-c3cccc(-c4nc(-c5ccc(-c6ccccc6)cc5)nc(-c5ccc(-c6c7ccccc7cc7c6ccc6ccccc67)cc5)n4)c3)cccc21. The Kier molecular flexibility index (Phi) is 8.52. The lowest BCUT2D eigenvalue weighted by Gasteiger charge is -2.21. The van der Waals surface area contributed by atoms with Crippen molar-refractivity contribution in [2.45, 2.75) is 19.3 Å². The number of benzene rings is 10. The van der Waals surface area contributed by atoms with Crippen molar-refractivity contribution in [3.63, 3.8) is 0 Å². The first-order chi connectivity index (χ1) is 31.0. The maximum atomic E-state index is 5.25. The molecular weight excluding hydrogens is 763 g/mol. The molecule has 0 saturated carbocycles. The van der Waals surface area contributed by atoms with Gasteiger partial charge < -0.3 is 0 Å². The summed E-state index contributed by atoms with van der Waals surface area (Å²) in [7, 11) is 0. The minimum atomic E-state index is -0.0851. The summed E-state index contributed by atoms with van der Waals surface area (Å²) in [6, 6.07) is 76.2. The normalized spacial score (nSPS) is 12.7. The van der Waals surface area contributed by atoms with Gasteiger partial charge in [-0.2, -0.15) is 0 Å². The molecule has 0 amide bonds. The maximum absolute atomic E-state index is 5.25. The third-order valence-corrected chi connectivity index (χ3v) is 13.1. The molecule has 1 heterocycles. The second kappa shape index (κ2) is 14.6. The fourth-order valence-electron chi connectivity index (χ4n) is 9.94. The standard InChI is InChI=1S/C60H41N3/c1-60(2)53-24-11-10-22-51(53)56-49(23-13-25-54(56)60)44-18-12-19-46(36-44)59-62-57(42-30-26-39(27-31-42)38-14-4-3-5-15-38)61-58(63-59)43-32-28-41(29-33-43)55-48-21-9-7-17-45(48)37-52-47-20-8-6-16-40(47)34-35-50(52)55/h3-37H,1-2H3. The summed E-state index contributed by atoms with van der Waals surface area (Å²) >= 11 is 0. The molecule has 0 saturated heterocycles. The third-order valence-electron chi connectivity index (χ3n) is 13.1. The van der Waals surface area contributed by atoms with Crippen LogP contribution in [0.3, 0.4) is 0 Å². The van der Waals surface area contributed by atoms with Gasteiger partial charge in [-0.3, -0.25) is 0 Å². The molecule has 1 aliphatic carbocycles. The van der Waals surface area contributed by atoms with Crippen molar-refractivity contribution in [1.29, 1.82) is 0 Å². The fourth-order valence-corrected chi connectivity index (χ4v) is 9.94. The van der Waals surface area contributed by atoms with Crippen LogP contribution >= 0.6 is 0 Å². The van der Waals surface area contributed by atoms with E-state index in [0.29, 0.717) is 17.5 Å². The number of rotatable bonds is 6. The predicted molar refractivity (Wildman–Crippen MR) is 263 cm³/mol. The Morgan fingerprint density at radius 1 is 0.286 bits per heavy atom. The van der Waals surface area contributed by atoms with Crippen molar-refractivity contribution in [3.05, 3.63) is 223 Å². The van der Waals surface area contributed by atoms with E-state index < -0.39 is 0 Å². The molecule has 0 radical (unpaired) electrons. The number of hydrogen-bond donors (Lipinski definition) is 0. The second-order valence-corrected chi connectivity index (χ2v) is 17.2. The topological polar surface area (TPSA) is 38.7 Å². The lowest BCUT2D eigenvalue weighted by atomic mass is 9.82. The highest BCUT2D eigenvalue weighted by molar-refractivity contribution is 6.20. The zero-order chi connectivity index (χ0) is 42.1. The molecule has 11 aromatic rings. The van der Waals surface area contributed by atoms with Crippen LogP contribution in [0, 0.1) is 0 Å². The molecule has 10 aromatic carbocycles. The summed E-state index contributed by atoms with van der Waals surface area (Å²) in [4.78, 5) is 15.6. The zero-order valence-corrected chi connectivity index (χ0v) is 35.0. The highest BCUT2D eigenvalue weighted by Crippen LogP contribution is 2.52. The van der Waals surface area contributed by atoms with Crippen LogP contribution < -0.4 is 0 Å². The average Bonchev–Trinajstić information content (AvgIpc) is 3.59. The van der Waals surface area contributed by atoms with Gasteiger partial charge >= 0.3 is 0 Å². The van der Waals surface area contributed by atoms with E-state index in [-0.39, 0.29) is 5.41 Å². The van der Waals surface area contributed by atoms with Gasteiger partial charge in [0.1, 0.15) is 0 Å². The van der Waals surface area contributed by atoms with Crippen LogP contribution in [0.5, 0.6) is 0 Å². The average molecular weight is 804 g/mol. The van der Waals surface area contributed by atoms with Gasteiger partial charge in [0.25, 0.3) is 0 Å². The fraction of sp³-hybridized carbons (Fsp3) is 0.0500. The summed E-state index contributed by atoms with van der Waals surface area (Å²) in [6.45, 7) is 4.66. The van der Waals surface area contributed by atoms with Crippen LogP contribution in [0.2, 0.25) is 0 Å². The van der Waals surface area contributed by atoms with E-state index in [1.54, 1.807) is 0 Å². The molecule has 63 heavy (non-hydrogen) atoms. The van der Waals surface area contributed by atoms with E-state index in [4.69, 9.17) is 15.0 Å². The van der Waals surface area contributed by atoms with E-state index in [1.165, 1.54) is 71.3 Å². The van der Waals surface area contributed by atoms with Crippen LogP contribution in [-0.4, -0.2) is 15.0 Å². The summed E-state index contributed by atoms with van der Waals surface area (Å²) in [5.41, 5.74) is 15.1. The van der Waals surface area contributed by atoms with Crippen LogP contribution in [-0.2, 0) is 5.41 Å². The molecule has 0 unspecified atom stereocenters. The first-order valence-electron chi connectivity index (χ1n) is 21.7. The molecule has 0 fully saturated rings. The Morgan fingerprint density at radius 2 is 0.810 bits per heavy atom. The second-order valence-electron chi connectivity index (χ2n) is 17.2. The van der Waals surface area contributed by atoms with Gasteiger partial charge in [0.05, 0.1) is 0 Å². The Hall–Kier alpha value is -8.01. The lowest BCUT2D eigenvalue weighted by Crippen LogP contribution is -2.14. The summed E-state index contributed by atoms with van der Waals surface area (Å²) in [6.07, 6.45) is 0. The summed E-state index contributed by atoms with van der Waals surface area (Å²) < 4.78 is 0. The highest BCUT2D eigenvalue weighted by Gasteiger charge is 2.36. The zero-order valence-electron chi connectivity index (χ0n) is 35.0. The summed E-state index contributed by atoms with van der Waals surface area (Å²) in [5, 5.41) is 7.44. The maximum Gasteiger partial charge on any atom is 0.164 e. The van der Waals surface area contributed by atoms with Crippen molar-refractivity contribution in [1.82, 2.24) is 15.0 Å². The smallest absolute Gasteiger partial charge is 0.164 e. The number of fused-ring (bicyclic) bond motifs is 7. The van der Waals surface area contributed by atoms with E-state index in [0.717, 1.165) is 33.4 Å². The number of nitrogens with zero attached hydrogens (tertiary/aromatic N) is 3. The molecule has 0 spiro atoms. The van der Waals surface area contributed by atoms with E-state index in [1.807, 2.05) is 6.07 Å². The lowest BCUT2D eigenvalue weighted by molar-refractivity contribution is 0.660. The summed E-state index contributed by atoms with van der Waals surface area (Å²) in [5.74, 6) is 1.89. The van der Waals surface area contributed by atoms with Crippen LogP contribution in [0.4, 0.5) is 0 Å². The number of hydrogen-bond acceptors (Lipinski definition) is 3. The largest absolute Gasteiger partial charge is 0.208 e. The van der Waals surface area contributed by atoms with Crippen LogP contribution in [0.1, 0.15) is 25.0 Å². The molecule has 0 aliphatic heterocycles. The minimum absolute atomic E-state index is 0.0851. The number of aromatic nitrogens is 3. The Bertz CT molecular complexity index is 3570. The van der Waals surface area contributed by atoms with Crippen molar-refractivity contribution in [3.8, 4) is 78.7 Å². The molecule has 0 atom stereocenters. The van der Waals surface area contributed by atoms with E-state index in [9.17, 15) is 0 Å². The van der Waals surface area contributed by atoms with E-state index >= 15 is 0 Å². The molecule has 0 bridgehead atoms. The predicted octanol–water partition coefficient (Wildman–Crippen LogP) is 15.6. The Labute approximate surface area is 367 Å². The van der Waals surface area contributed by atoms with Crippen LogP contribution in [0.15, 0.2) is 212 Å².